The number of thioether (sulfide) groups is 1. The van der Waals surface area contributed by atoms with Crippen molar-refractivity contribution in [1.82, 2.24) is 19.7 Å². The first-order valence-corrected chi connectivity index (χ1v) is 9.90. The number of nitrogens with zero attached hydrogens (tertiary/aromatic N) is 4. The number of fused-ring (bicyclic) bond motifs is 1. The smallest absolute Gasteiger partial charge is 0.316 e. The summed E-state index contributed by atoms with van der Waals surface area (Å²) in [6.07, 6.45) is 1.74. The Morgan fingerprint density at radius 2 is 1.86 bits per heavy atom. The Kier molecular flexibility index (Phi) is 5.71. The van der Waals surface area contributed by atoms with E-state index in [1.807, 2.05) is 65.2 Å². The highest BCUT2D eigenvalue weighted by atomic mass is 32.2. The zero-order chi connectivity index (χ0) is 20.1. The number of aromatic nitrogens is 4. The molecule has 0 aliphatic carbocycles. The molecule has 8 heteroatoms. The van der Waals surface area contributed by atoms with E-state index in [0.29, 0.717) is 16.7 Å². The number of hydrogen-bond donors (Lipinski definition) is 0. The van der Waals surface area contributed by atoms with E-state index in [1.54, 1.807) is 6.20 Å². The van der Waals surface area contributed by atoms with Crippen LogP contribution in [0.5, 0.6) is 5.75 Å². The van der Waals surface area contributed by atoms with Crippen LogP contribution in [0.25, 0.3) is 16.6 Å². The highest BCUT2D eigenvalue weighted by Gasteiger charge is 2.17. The molecule has 0 amide bonds. The fourth-order valence-electron chi connectivity index (χ4n) is 2.84. The predicted octanol–water partition coefficient (Wildman–Crippen LogP) is 3.66. The molecule has 2 heterocycles. The lowest BCUT2D eigenvalue weighted by atomic mass is 10.2. The second-order valence-electron chi connectivity index (χ2n) is 6.05. The van der Waals surface area contributed by atoms with Crippen molar-refractivity contribution in [2.24, 2.45) is 0 Å². The first kappa shape index (κ1) is 18.9. The van der Waals surface area contributed by atoms with E-state index in [9.17, 15) is 4.79 Å². The molecule has 0 aliphatic rings. The van der Waals surface area contributed by atoms with Gasteiger partial charge in [-0.1, -0.05) is 48.2 Å². The highest BCUT2D eigenvalue weighted by molar-refractivity contribution is 7.99. The van der Waals surface area contributed by atoms with Crippen LogP contribution in [0.1, 0.15) is 5.82 Å². The molecule has 0 bridgehead atoms. The minimum Gasteiger partial charge on any atom is -0.483 e. The molecule has 0 saturated heterocycles. The number of hydrogen-bond acceptors (Lipinski definition) is 7. The maximum Gasteiger partial charge on any atom is 0.316 e. The third-order valence-electron chi connectivity index (χ3n) is 4.21. The average molecular weight is 406 g/mol. The fraction of sp³-hybridized carbons (Fsp3) is 0.143. The summed E-state index contributed by atoms with van der Waals surface area (Å²) in [7, 11) is 1.36. The van der Waals surface area contributed by atoms with E-state index in [0.717, 1.165) is 16.6 Å². The summed E-state index contributed by atoms with van der Waals surface area (Å²) in [5.41, 5.74) is 1.68. The molecule has 4 rings (SSSR count). The molecule has 2 aromatic heterocycles. The van der Waals surface area contributed by atoms with Gasteiger partial charge in [0.05, 0.1) is 12.9 Å². The van der Waals surface area contributed by atoms with Gasteiger partial charge in [-0.25, -0.2) is 0 Å². The maximum absolute atomic E-state index is 11.5. The summed E-state index contributed by atoms with van der Waals surface area (Å²) in [6, 6.07) is 19.4. The van der Waals surface area contributed by atoms with E-state index < -0.39 is 0 Å². The van der Waals surface area contributed by atoms with E-state index >= 15 is 0 Å². The monoisotopic (exact) mass is 406 g/mol. The molecule has 29 heavy (non-hydrogen) atoms. The number of rotatable bonds is 7. The van der Waals surface area contributed by atoms with Gasteiger partial charge in [0, 0.05) is 17.3 Å². The summed E-state index contributed by atoms with van der Waals surface area (Å²) in [5, 5.41) is 10.1. The Balaban J connectivity index is 1.63. The number of benzene rings is 2. The first-order chi connectivity index (χ1) is 14.3. The molecule has 0 fully saturated rings. The van der Waals surface area contributed by atoms with Gasteiger partial charge in [-0.2, -0.15) is 0 Å². The van der Waals surface area contributed by atoms with Crippen LogP contribution in [-0.2, 0) is 16.1 Å². The molecule has 7 nitrogen and oxygen atoms in total. The van der Waals surface area contributed by atoms with Crippen LogP contribution in [0, 0.1) is 0 Å². The van der Waals surface area contributed by atoms with Crippen LogP contribution in [-0.4, -0.2) is 38.6 Å². The Labute approximate surface area is 171 Å². The number of esters is 1. The molecule has 0 aliphatic heterocycles. The fourth-order valence-corrected chi connectivity index (χ4v) is 3.64. The molecule has 0 radical (unpaired) electrons. The average Bonchev–Trinajstić information content (AvgIpc) is 3.19. The third kappa shape index (κ3) is 4.22. The zero-order valence-electron chi connectivity index (χ0n) is 15.7. The van der Waals surface area contributed by atoms with Crippen molar-refractivity contribution >= 4 is 28.6 Å². The Morgan fingerprint density at radius 1 is 1.03 bits per heavy atom. The standard InChI is InChI=1S/C21H18N4O3S/c1-27-19(26)14-29-21-24-23-18(25(21)16-9-3-2-4-10-16)13-28-17-11-5-7-15-8-6-12-22-20(15)17/h2-12H,13-14H2,1H3. The summed E-state index contributed by atoms with van der Waals surface area (Å²) in [4.78, 5) is 16.0. The molecule has 0 unspecified atom stereocenters. The molecule has 0 N–H and O–H groups in total. The van der Waals surface area contributed by atoms with Gasteiger partial charge in [0.1, 0.15) is 17.9 Å². The van der Waals surface area contributed by atoms with E-state index in [2.05, 4.69) is 15.2 Å². The number of pyridine rings is 1. The molecular weight excluding hydrogens is 388 g/mol. The lowest BCUT2D eigenvalue weighted by Crippen LogP contribution is -2.08. The zero-order valence-corrected chi connectivity index (χ0v) is 16.5. The lowest BCUT2D eigenvalue weighted by Gasteiger charge is -2.11. The Morgan fingerprint density at radius 3 is 2.69 bits per heavy atom. The van der Waals surface area contributed by atoms with Gasteiger partial charge >= 0.3 is 5.97 Å². The third-order valence-corrected chi connectivity index (χ3v) is 5.12. The van der Waals surface area contributed by atoms with Gasteiger partial charge in [0.25, 0.3) is 0 Å². The van der Waals surface area contributed by atoms with Crippen LogP contribution in [0.15, 0.2) is 72.0 Å². The van der Waals surface area contributed by atoms with Gasteiger partial charge in [0.2, 0.25) is 0 Å². The van der Waals surface area contributed by atoms with Crippen LogP contribution in [0.3, 0.4) is 0 Å². The quantitative estimate of drug-likeness (QED) is 0.342. The number of carbonyl (C=O) groups is 1. The predicted molar refractivity (Wildman–Crippen MR) is 110 cm³/mol. The maximum atomic E-state index is 11.5. The minimum absolute atomic E-state index is 0.148. The van der Waals surface area contributed by atoms with Crippen LogP contribution < -0.4 is 4.74 Å². The first-order valence-electron chi connectivity index (χ1n) is 8.92. The molecule has 0 atom stereocenters. The van der Waals surface area contributed by atoms with E-state index in [-0.39, 0.29) is 18.3 Å². The van der Waals surface area contributed by atoms with Crippen LogP contribution in [0.4, 0.5) is 0 Å². The molecular formula is C21H18N4O3S. The Bertz CT molecular complexity index is 1130. The SMILES string of the molecule is COC(=O)CSc1nnc(COc2cccc3cccnc23)n1-c1ccccc1. The van der Waals surface area contributed by atoms with E-state index in [4.69, 9.17) is 9.47 Å². The summed E-state index contributed by atoms with van der Waals surface area (Å²) >= 11 is 1.27. The molecule has 2 aromatic carbocycles. The number of para-hydroxylation sites is 2. The van der Waals surface area contributed by atoms with Crippen molar-refractivity contribution in [2.45, 2.75) is 11.8 Å². The van der Waals surface area contributed by atoms with Crippen molar-refractivity contribution in [1.29, 1.82) is 0 Å². The Hall–Kier alpha value is -3.39. The second-order valence-corrected chi connectivity index (χ2v) is 7.00. The minimum atomic E-state index is -0.322. The molecule has 146 valence electrons. The van der Waals surface area contributed by atoms with Crippen molar-refractivity contribution in [3.05, 3.63) is 72.7 Å². The van der Waals surface area contributed by atoms with Crippen LogP contribution in [0.2, 0.25) is 0 Å². The topological polar surface area (TPSA) is 79.1 Å². The number of ether oxygens (including phenoxy) is 2. The van der Waals surface area contributed by atoms with Gasteiger partial charge in [-0.05, 0) is 24.3 Å². The van der Waals surface area contributed by atoms with Crippen LogP contribution >= 0.6 is 11.8 Å². The van der Waals surface area contributed by atoms with Gasteiger partial charge in [0.15, 0.2) is 11.0 Å². The summed E-state index contributed by atoms with van der Waals surface area (Å²) in [6.45, 7) is 0.205. The lowest BCUT2D eigenvalue weighted by molar-refractivity contribution is -0.137. The molecule has 0 spiro atoms. The number of methoxy groups -OCH3 is 1. The van der Waals surface area contributed by atoms with Gasteiger partial charge < -0.3 is 9.47 Å². The summed E-state index contributed by atoms with van der Waals surface area (Å²) < 4.78 is 12.6. The largest absolute Gasteiger partial charge is 0.483 e. The normalized spacial score (nSPS) is 10.8. The van der Waals surface area contributed by atoms with Crippen molar-refractivity contribution < 1.29 is 14.3 Å². The van der Waals surface area contributed by atoms with Crippen molar-refractivity contribution in [3.8, 4) is 11.4 Å². The highest BCUT2D eigenvalue weighted by Crippen LogP contribution is 2.26. The summed E-state index contributed by atoms with van der Waals surface area (Å²) in [5.74, 6) is 1.12. The van der Waals surface area contributed by atoms with E-state index in [1.165, 1.54) is 18.9 Å². The number of carbonyl (C=O) groups excluding carboxylic acids is 1. The molecule has 4 aromatic rings. The van der Waals surface area contributed by atoms with Crippen molar-refractivity contribution in [2.75, 3.05) is 12.9 Å². The van der Waals surface area contributed by atoms with Crippen molar-refractivity contribution in [3.63, 3.8) is 0 Å². The molecule has 0 saturated carbocycles. The second kappa shape index (κ2) is 8.74. The van der Waals surface area contributed by atoms with Gasteiger partial charge in [-0.15, -0.1) is 10.2 Å². The van der Waals surface area contributed by atoms with Gasteiger partial charge in [-0.3, -0.25) is 14.3 Å².